The van der Waals surface area contributed by atoms with E-state index in [1.54, 1.807) is 18.9 Å². The van der Waals surface area contributed by atoms with Crippen molar-refractivity contribution < 1.29 is 33.8 Å². The number of ketones is 4. The van der Waals surface area contributed by atoms with Crippen molar-refractivity contribution in [3.05, 3.63) is 45.0 Å². The van der Waals surface area contributed by atoms with Gasteiger partial charge in [0.05, 0.1) is 39.0 Å². The van der Waals surface area contributed by atoms with Crippen LogP contribution in [0.1, 0.15) is 26.7 Å². The molecule has 0 amide bonds. The average Bonchev–Trinajstić information content (AvgIpc) is 2.86. The Morgan fingerprint density at radius 2 is 1.39 bits per heavy atom. The molecule has 0 spiro atoms. The first kappa shape index (κ1) is 24.3. The smallest absolute Gasteiger partial charge is 0.226 e. The summed E-state index contributed by atoms with van der Waals surface area (Å²) in [5.74, 6) is -1.59. The first-order valence-electron chi connectivity index (χ1n) is 11.8. The highest BCUT2D eigenvalue weighted by Crippen LogP contribution is 2.48. The molecule has 36 heavy (non-hydrogen) atoms. The lowest BCUT2D eigenvalue weighted by Crippen LogP contribution is -2.74. The number of methoxy groups -OCH3 is 2. The lowest BCUT2D eigenvalue weighted by Gasteiger charge is -2.60. The van der Waals surface area contributed by atoms with E-state index in [1.165, 1.54) is 21.1 Å². The monoisotopic (exact) mass is 493 g/mol. The lowest BCUT2D eigenvalue weighted by atomic mass is 9.67. The van der Waals surface area contributed by atoms with Crippen LogP contribution in [0.25, 0.3) is 0 Å². The van der Waals surface area contributed by atoms with E-state index in [1.807, 2.05) is 4.90 Å². The molecule has 0 aromatic carbocycles. The molecule has 1 fully saturated rings. The Kier molecular flexibility index (Phi) is 5.63. The number of ether oxygens (including phenoxy) is 2. The van der Waals surface area contributed by atoms with Crippen molar-refractivity contribution in [3.8, 4) is 6.07 Å². The minimum Gasteiger partial charge on any atom is -0.492 e. The van der Waals surface area contributed by atoms with Crippen molar-refractivity contribution in [1.29, 1.82) is 5.26 Å². The summed E-state index contributed by atoms with van der Waals surface area (Å²) in [5, 5.41) is 20.8. The summed E-state index contributed by atoms with van der Waals surface area (Å²) in [7, 11) is 4.46. The van der Waals surface area contributed by atoms with Crippen LogP contribution in [0.15, 0.2) is 45.0 Å². The molecule has 3 heterocycles. The second-order valence-corrected chi connectivity index (χ2v) is 9.79. The average molecular weight is 494 g/mol. The topological polar surface area (TPSA) is 137 Å². The number of carbonyl (C=O) groups excluding carboxylic acids is 4. The highest BCUT2D eigenvalue weighted by molar-refractivity contribution is 6.26. The SMILES string of the molecule is COC1=C(C)C(=O)C2=C(C1=O)[C@H]1[C@@H]3CC4=C(C(=O)C(OC)=C(C)C4=O)[C@H](CO)N3[C@@H](C#N)[C@H](C2)N1C. The maximum Gasteiger partial charge on any atom is 0.226 e. The van der Waals surface area contributed by atoms with Crippen molar-refractivity contribution in [3.63, 3.8) is 0 Å². The van der Waals surface area contributed by atoms with Crippen molar-refractivity contribution in [2.24, 2.45) is 0 Å². The summed E-state index contributed by atoms with van der Waals surface area (Å²) in [6.45, 7) is 2.57. The number of hydrogen-bond acceptors (Lipinski definition) is 10. The second kappa shape index (κ2) is 8.34. The first-order valence-corrected chi connectivity index (χ1v) is 11.8. The van der Waals surface area contributed by atoms with Crippen molar-refractivity contribution in [1.82, 2.24) is 9.80 Å². The molecule has 2 aliphatic carbocycles. The molecule has 1 N–H and O–H groups in total. The quantitative estimate of drug-likeness (QED) is 0.540. The molecule has 5 atom stereocenters. The van der Waals surface area contributed by atoms with Gasteiger partial charge in [0.2, 0.25) is 11.6 Å². The van der Waals surface area contributed by atoms with E-state index in [9.17, 15) is 29.5 Å². The van der Waals surface area contributed by atoms with E-state index >= 15 is 0 Å². The largest absolute Gasteiger partial charge is 0.492 e. The number of carbonyl (C=O) groups is 4. The number of fused-ring (bicyclic) bond motifs is 5. The van der Waals surface area contributed by atoms with Gasteiger partial charge in [-0.15, -0.1) is 0 Å². The van der Waals surface area contributed by atoms with E-state index in [2.05, 4.69) is 6.07 Å². The molecular formula is C26H27N3O7. The number of nitrogens with zero attached hydrogens (tertiary/aromatic N) is 3. The van der Waals surface area contributed by atoms with E-state index in [0.717, 1.165) is 0 Å². The number of allylic oxidation sites excluding steroid dienone is 4. The van der Waals surface area contributed by atoms with Gasteiger partial charge in [-0.05, 0) is 33.7 Å². The maximum atomic E-state index is 13.6. The normalized spacial score (nSPS) is 33.0. The fraction of sp³-hybridized carbons (Fsp3) is 0.500. The zero-order chi connectivity index (χ0) is 26.2. The molecule has 0 aromatic heterocycles. The van der Waals surface area contributed by atoms with E-state index < -0.39 is 42.6 Å². The van der Waals surface area contributed by atoms with Gasteiger partial charge in [-0.25, -0.2) is 0 Å². The molecule has 0 saturated carbocycles. The number of piperazine rings is 1. The fourth-order valence-corrected chi connectivity index (χ4v) is 6.79. The van der Waals surface area contributed by atoms with Crippen LogP contribution in [0.3, 0.4) is 0 Å². The molecule has 5 aliphatic rings. The van der Waals surface area contributed by atoms with Crippen LogP contribution >= 0.6 is 0 Å². The minimum atomic E-state index is -0.937. The number of aliphatic hydroxyl groups is 1. The summed E-state index contributed by atoms with van der Waals surface area (Å²) in [4.78, 5) is 57.3. The summed E-state index contributed by atoms with van der Waals surface area (Å²) >= 11 is 0. The van der Waals surface area contributed by atoms with Crippen LogP contribution in [0.2, 0.25) is 0 Å². The van der Waals surface area contributed by atoms with Crippen LogP contribution in [0.4, 0.5) is 0 Å². The molecule has 1 saturated heterocycles. The van der Waals surface area contributed by atoms with Gasteiger partial charge in [0.15, 0.2) is 23.1 Å². The zero-order valence-electron chi connectivity index (χ0n) is 20.7. The number of nitriles is 1. The summed E-state index contributed by atoms with van der Waals surface area (Å²) in [6, 6.07) is -1.14. The number of rotatable bonds is 3. The molecule has 2 bridgehead atoms. The van der Waals surface area contributed by atoms with Crippen LogP contribution in [-0.4, -0.2) is 96.1 Å². The molecule has 0 unspecified atom stereocenters. The van der Waals surface area contributed by atoms with Crippen LogP contribution in [-0.2, 0) is 28.7 Å². The molecule has 3 aliphatic heterocycles. The molecule has 5 rings (SSSR count). The van der Waals surface area contributed by atoms with Gasteiger partial charge in [-0.1, -0.05) is 0 Å². The number of hydrogen-bond donors (Lipinski definition) is 1. The van der Waals surface area contributed by atoms with E-state index in [4.69, 9.17) is 9.47 Å². The Morgan fingerprint density at radius 1 is 0.889 bits per heavy atom. The molecular weight excluding hydrogens is 466 g/mol. The van der Waals surface area contributed by atoms with Gasteiger partial charge in [0.1, 0.15) is 6.04 Å². The van der Waals surface area contributed by atoms with E-state index in [0.29, 0.717) is 11.1 Å². The van der Waals surface area contributed by atoms with Gasteiger partial charge >= 0.3 is 0 Å². The Hall–Kier alpha value is -3.39. The molecule has 10 nitrogen and oxygen atoms in total. The van der Waals surface area contributed by atoms with Crippen molar-refractivity contribution >= 4 is 23.1 Å². The van der Waals surface area contributed by atoms with Gasteiger partial charge in [0.25, 0.3) is 0 Å². The van der Waals surface area contributed by atoms with Crippen molar-refractivity contribution in [2.75, 3.05) is 27.9 Å². The Labute approximate surface area is 208 Å². The fourth-order valence-electron chi connectivity index (χ4n) is 6.79. The van der Waals surface area contributed by atoms with Crippen LogP contribution in [0.5, 0.6) is 0 Å². The second-order valence-electron chi connectivity index (χ2n) is 9.79. The predicted molar refractivity (Wildman–Crippen MR) is 124 cm³/mol. The maximum absolute atomic E-state index is 13.6. The van der Waals surface area contributed by atoms with Crippen LogP contribution in [0, 0.1) is 11.3 Å². The minimum absolute atomic E-state index is 0.0126. The van der Waals surface area contributed by atoms with E-state index in [-0.39, 0.29) is 64.0 Å². The number of aliphatic hydroxyl groups excluding tert-OH is 1. The van der Waals surface area contributed by atoms with Gasteiger partial charge in [-0.3, -0.25) is 29.0 Å². The predicted octanol–water partition coefficient (Wildman–Crippen LogP) is 0.138. The van der Waals surface area contributed by atoms with Gasteiger partial charge in [0, 0.05) is 45.5 Å². The third-order valence-electron chi connectivity index (χ3n) is 8.39. The highest BCUT2D eigenvalue weighted by Gasteiger charge is 2.59. The standard InChI is InChI=1S/C26H27N3O7/c1-10-21(31)12-7-15-20-19-13(22(32)11(2)26(36-5)24(19)34)6-14(28(20)3)16(8-27)29(15)17(9-30)18(12)23(33)25(10)35-4/h14-17,20,30H,6-7,9H2,1-5H3/t14-,15-,16-,17-,20+/m0/s1. The lowest BCUT2D eigenvalue weighted by molar-refractivity contribution is -0.126. The molecule has 0 aromatic rings. The third-order valence-corrected chi connectivity index (χ3v) is 8.39. The first-order chi connectivity index (χ1) is 17.1. The Morgan fingerprint density at radius 3 is 1.89 bits per heavy atom. The number of Topliss-reactive ketones (excluding diaryl/α,β-unsaturated/α-hetero) is 4. The third kappa shape index (κ3) is 2.88. The Bertz CT molecular complexity index is 1310. The molecule has 0 radical (unpaired) electrons. The van der Waals surface area contributed by atoms with Crippen molar-refractivity contribution in [2.45, 2.75) is 56.9 Å². The van der Waals surface area contributed by atoms with Crippen LogP contribution < -0.4 is 0 Å². The van der Waals surface area contributed by atoms with Gasteiger partial charge in [-0.2, -0.15) is 5.26 Å². The van der Waals surface area contributed by atoms with Gasteiger partial charge < -0.3 is 14.6 Å². The molecule has 10 heteroatoms. The summed E-state index contributed by atoms with van der Waals surface area (Å²) in [6.07, 6.45) is 0.246. The Balaban J connectivity index is 1.72. The molecule has 188 valence electrons. The zero-order valence-corrected chi connectivity index (χ0v) is 20.7. The highest BCUT2D eigenvalue weighted by atomic mass is 16.5. The summed E-state index contributed by atoms with van der Waals surface area (Å²) < 4.78 is 10.5. The number of likely N-dealkylation sites (N-methyl/N-ethyl adjacent to an activating group) is 1. The summed E-state index contributed by atoms with van der Waals surface area (Å²) in [5.41, 5.74) is 1.47.